The van der Waals surface area contributed by atoms with Gasteiger partial charge in [-0.15, -0.1) is 10.2 Å². The minimum absolute atomic E-state index is 0.408. The number of nitrogens with one attached hydrogen (secondary N) is 1. The fourth-order valence-corrected chi connectivity index (χ4v) is 1.88. The van der Waals surface area contributed by atoms with Gasteiger partial charge < -0.3 is 15.8 Å². The van der Waals surface area contributed by atoms with E-state index in [0.29, 0.717) is 11.7 Å². The smallest absolute Gasteiger partial charge is 0.210 e. The van der Waals surface area contributed by atoms with Gasteiger partial charge in [0, 0.05) is 6.54 Å². The van der Waals surface area contributed by atoms with Crippen LogP contribution in [0.2, 0.25) is 0 Å². The molecular formula is C10H12N4OS. The molecule has 5 nitrogen and oxygen atoms in total. The summed E-state index contributed by atoms with van der Waals surface area (Å²) in [4.78, 5) is 0. The molecule has 6 heteroatoms. The van der Waals surface area contributed by atoms with Crippen molar-refractivity contribution in [2.24, 2.45) is 5.73 Å². The van der Waals surface area contributed by atoms with Crippen LogP contribution in [-0.2, 0) is 6.54 Å². The molecule has 0 aliphatic carbocycles. The highest BCUT2D eigenvalue weighted by Crippen LogP contribution is 2.28. The monoisotopic (exact) mass is 236 g/mol. The number of ether oxygens (including phenoxy) is 1. The second kappa shape index (κ2) is 4.91. The van der Waals surface area contributed by atoms with Crippen LogP contribution in [0.1, 0.15) is 5.01 Å². The van der Waals surface area contributed by atoms with Crippen LogP contribution in [0, 0.1) is 0 Å². The van der Waals surface area contributed by atoms with E-state index in [4.69, 9.17) is 10.5 Å². The molecule has 0 saturated heterocycles. The average molecular weight is 236 g/mol. The Balaban J connectivity index is 2.19. The van der Waals surface area contributed by atoms with Gasteiger partial charge in [-0.1, -0.05) is 23.5 Å². The zero-order valence-corrected chi connectivity index (χ0v) is 9.62. The topological polar surface area (TPSA) is 73.1 Å². The first-order chi connectivity index (χ1) is 7.83. The predicted octanol–water partition coefficient (Wildman–Crippen LogP) is 1.75. The number of para-hydroxylation sites is 2. The van der Waals surface area contributed by atoms with Crippen LogP contribution in [-0.4, -0.2) is 17.3 Å². The van der Waals surface area contributed by atoms with Crippen LogP contribution in [0.5, 0.6) is 5.75 Å². The van der Waals surface area contributed by atoms with Gasteiger partial charge in [-0.25, -0.2) is 0 Å². The normalized spacial score (nSPS) is 10.1. The highest BCUT2D eigenvalue weighted by Gasteiger charge is 2.05. The largest absolute Gasteiger partial charge is 0.495 e. The van der Waals surface area contributed by atoms with Crippen molar-refractivity contribution in [3.05, 3.63) is 29.3 Å². The van der Waals surface area contributed by atoms with Gasteiger partial charge in [-0.05, 0) is 12.1 Å². The fraction of sp³-hybridized carbons (Fsp3) is 0.200. The van der Waals surface area contributed by atoms with E-state index < -0.39 is 0 Å². The number of rotatable bonds is 4. The molecule has 0 aliphatic heterocycles. The Morgan fingerprint density at radius 2 is 2.19 bits per heavy atom. The van der Waals surface area contributed by atoms with Gasteiger partial charge in [0.05, 0.1) is 12.8 Å². The maximum Gasteiger partial charge on any atom is 0.210 e. The molecule has 1 aromatic heterocycles. The van der Waals surface area contributed by atoms with Crippen LogP contribution in [0.15, 0.2) is 24.3 Å². The molecule has 3 N–H and O–H groups in total. The van der Waals surface area contributed by atoms with Gasteiger partial charge in [-0.2, -0.15) is 0 Å². The van der Waals surface area contributed by atoms with Crippen LogP contribution in [0.25, 0.3) is 0 Å². The molecule has 16 heavy (non-hydrogen) atoms. The third-order valence-corrected chi connectivity index (χ3v) is 2.85. The zero-order valence-electron chi connectivity index (χ0n) is 8.80. The van der Waals surface area contributed by atoms with Crippen LogP contribution in [0.4, 0.5) is 10.8 Å². The SMILES string of the molecule is COc1ccccc1Nc1nnc(CN)s1. The molecule has 1 aromatic carbocycles. The lowest BCUT2D eigenvalue weighted by Gasteiger charge is -2.07. The Kier molecular flexibility index (Phi) is 3.33. The van der Waals surface area contributed by atoms with E-state index in [0.717, 1.165) is 16.4 Å². The number of aromatic nitrogens is 2. The third-order valence-electron chi connectivity index (χ3n) is 1.99. The molecule has 0 spiro atoms. The molecule has 0 aliphatic rings. The summed E-state index contributed by atoms with van der Waals surface area (Å²) in [5.74, 6) is 0.770. The van der Waals surface area contributed by atoms with Gasteiger partial charge in [0.15, 0.2) is 0 Å². The highest BCUT2D eigenvalue weighted by atomic mass is 32.1. The van der Waals surface area contributed by atoms with Crippen LogP contribution >= 0.6 is 11.3 Å². The Bertz CT molecular complexity index is 471. The summed E-state index contributed by atoms with van der Waals surface area (Å²) in [6, 6.07) is 7.64. The molecule has 1 heterocycles. The van der Waals surface area contributed by atoms with E-state index in [-0.39, 0.29) is 0 Å². The maximum absolute atomic E-state index is 5.47. The fourth-order valence-electron chi connectivity index (χ4n) is 1.25. The highest BCUT2D eigenvalue weighted by molar-refractivity contribution is 7.15. The summed E-state index contributed by atoms with van der Waals surface area (Å²) >= 11 is 1.43. The zero-order chi connectivity index (χ0) is 11.4. The van der Waals surface area contributed by atoms with Gasteiger partial charge in [0.25, 0.3) is 0 Å². The van der Waals surface area contributed by atoms with E-state index >= 15 is 0 Å². The second-order valence-corrected chi connectivity index (χ2v) is 4.09. The maximum atomic E-state index is 5.47. The Labute approximate surface area is 97.3 Å². The second-order valence-electron chi connectivity index (χ2n) is 3.03. The average Bonchev–Trinajstić information content (AvgIpc) is 2.77. The first kappa shape index (κ1) is 10.8. The minimum atomic E-state index is 0.408. The summed E-state index contributed by atoms with van der Waals surface area (Å²) in [5.41, 5.74) is 6.33. The molecule has 2 aromatic rings. The first-order valence-electron chi connectivity index (χ1n) is 4.76. The molecular weight excluding hydrogens is 224 g/mol. The van der Waals surface area contributed by atoms with Gasteiger partial charge >= 0.3 is 0 Å². The van der Waals surface area contributed by atoms with E-state index in [9.17, 15) is 0 Å². The molecule has 0 radical (unpaired) electrons. The third kappa shape index (κ3) is 2.29. The summed E-state index contributed by atoms with van der Waals surface area (Å²) in [5, 5.41) is 12.6. The number of nitrogens with zero attached hydrogens (tertiary/aromatic N) is 2. The Hall–Kier alpha value is -1.66. The van der Waals surface area contributed by atoms with Gasteiger partial charge in [0.2, 0.25) is 5.13 Å². The molecule has 0 amide bonds. The van der Waals surface area contributed by atoms with E-state index in [1.54, 1.807) is 7.11 Å². The lowest BCUT2D eigenvalue weighted by molar-refractivity contribution is 0.417. The first-order valence-corrected chi connectivity index (χ1v) is 5.57. The van der Waals surface area contributed by atoms with Crippen LogP contribution < -0.4 is 15.8 Å². The number of nitrogens with two attached hydrogens (primary N) is 1. The van der Waals surface area contributed by atoms with Crippen molar-refractivity contribution in [3.8, 4) is 5.75 Å². The molecule has 0 saturated carbocycles. The minimum Gasteiger partial charge on any atom is -0.495 e. The van der Waals surface area contributed by atoms with Crippen molar-refractivity contribution in [1.82, 2.24) is 10.2 Å². The summed E-state index contributed by atoms with van der Waals surface area (Å²) in [6.07, 6.45) is 0. The number of methoxy groups -OCH3 is 1. The lowest BCUT2D eigenvalue weighted by atomic mass is 10.3. The number of hydrogen-bond donors (Lipinski definition) is 2. The summed E-state index contributed by atoms with van der Waals surface area (Å²) < 4.78 is 5.22. The van der Waals surface area contributed by atoms with E-state index in [1.165, 1.54) is 11.3 Å². The Morgan fingerprint density at radius 3 is 2.88 bits per heavy atom. The number of hydrogen-bond acceptors (Lipinski definition) is 6. The van der Waals surface area contributed by atoms with E-state index in [2.05, 4.69) is 15.5 Å². The standard InChI is InChI=1S/C10H12N4OS/c1-15-8-5-3-2-4-7(8)12-10-14-13-9(6-11)16-10/h2-5H,6,11H2,1H3,(H,12,14). The lowest BCUT2D eigenvalue weighted by Crippen LogP contribution is -1.94. The van der Waals surface area contributed by atoms with Crippen molar-refractivity contribution >= 4 is 22.2 Å². The van der Waals surface area contributed by atoms with Crippen molar-refractivity contribution in [1.29, 1.82) is 0 Å². The molecule has 84 valence electrons. The molecule has 0 unspecified atom stereocenters. The summed E-state index contributed by atoms with van der Waals surface area (Å²) in [7, 11) is 1.63. The van der Waals surface area contributed by atoms with Gasteiger partial charge in [0.1, 0.15) is 10.8 Å². The Morgan fingerprint density at radius 1 is 1.38 bits per heavy atom. The molecule has 0 fully saturated rings. The van der Waals surface area contributed by atoms with Crippen molar-refractivity contribution in [3.63, 3.8) is 0 Å². The number of benzene rings is 1. The van der Waals surface area contributed by atoms with Crippen molar-refractivity contribution in [2.75, 3.05) is 12.4 Å². The quantitative estimate of drug-likeness (QED) is 0.846. The number of anilines is 2. The van der Waals surface area contributed by atoms with Crippen LogP contribution in [0.3, 0.4) is 0 Å². The van der Waals surface area contributed by atoms with E-state index in [1.807, 2.05) is 24.3 Å². The van der Waals surface area contributed by atoms with Crippen molar-refractivity contribution < 1.29 is 4.74 Å². The molecule has 0 atom stereocenters. The predicted molar refractivity (Wildman–Crippen MR) is 64.1 cm³/mol. The van der Waals surface area contributed by atoms with Crippen molar-refractivity contribution in [2.45, 2.75) is 6.54 Å². The van der Waals surface area contributed by atoms with Gasteiger partial charge in [-0.3, -0.25) is 0 Å². The molecule has 0 bridgehead atoms. The molecule has 2 rings (SSSR count). The summed E-state index contributed by atoms with van der Waals surface area (Å²) in [6.45, 7) is 0.408.